The van der Waals surface area contributed by atoms with Gasteiger partial charge in [0.2, 0.25) is 0 Å². The van der Waals surface area contributed by atoms with Crippen molar-refractivity contribution in [2.75, 3.05) is 32.4 Å². The molecule has 0 amide bonds. The van der Waals surface area contributed by atoms with E-state index in [0.717, 1.165) is 5.92 Å². The standard InChI is InChI=1S/C16H32N2S/c1-5-16(6-2,19-4)13-18-11-7-10-17-15(3,12-18)14-8-9-14/h14,17H,5-13H2,1-4H3. The van der Waals surface area contributed by atoms with Crippen molar-refractivity contribution in [3.63, 3.8) is 0 Å². The molecule has 1 unspecified atom stereocenters. The summed E-state index contributed by atoms with van der Waals surface area (Å²) in [6.45, 7) is 12.2. The second kappa shape index (κ2) is 6.36. The van der Waals surface area contributed by atoms with Crippen molar-refractivity contribution in [3.8, 4) is 0 Å². The third-order valence-corrected chi connectivity index (χ3v) is 7.02. The van der Waals surface area contributed by atoms with Gasteiger partial charge in [-0.15, -0.1) is 0 Å². The smallest absolute Gasteiger partial charge is 0.0308 e. The highest BCUT2D eigenvalue weighted by atomic mass is 32.2. The summed E-state index contributed by atoms with van der Waals surface area (Å²) >= 11 is 2.08. The lowest BCUT2D eigenvalue weighted by atomic mass is 9.94. The lowest BCUT2D eigenvalue weighted by molar-refractivity contribution is 0.183. The molecule has 1 saturated heterocycles. The summed E-state index contributed by atoms with van der Waals surface area (Å²) < 4.78 is 0.467. The molecule has 0 bridgehead atoms. The van der Waals surface area contributed by atoms with Gasteiger partial charge in [-0.25, -0.2) is 0 Å². The van der Waals surface area contributed by atoms with Gasteiger partial charge in [-0.1, -0.05) is 13.8 Å². The summed E-state index contributed by atoms with van der Waals surface area (Å²) in [7, 11) is 0. The van der Waals surface area contributed by atoms with Crippen LogP contribution in [0.1, 0.15) is 52.9 Å². The molecule has 1 atom stereocenters. The summed E-state index contributed by atoms with van der Waals surface area (Å²) in [5.41, 5.74) is 0.377. The molecular weight excluding hydrogens is 252 g/mol. The molecule has 0 aromatic rings. The first-order chi connectivity index (χ1) is 9.07. The van der Waals surface area contributed by atoms with E-state index in [1.54, 1.807) is 0 Å². The molecule has 3 heteroatoms. The van der Waals surface area contributed by atoms with Crippen molar-refractivity contribution >= 4 is 11.8 Å². The zero-order valence-corrected chi connectivity index (χ0v) is 14.1. The van der Waals surface area contributed by atoms with Crippen molar-refractivity contribution in [2.24, 2.45) is 5.92 Å². The topological polar surface area (TPSA) is 15.3 Å². The number of hydrogen-bond acceptors (Lipinski definition) is 3. The van der Waals surface area contributed by atoms with Gasteiger partial charge in [-0.2, -0.15) is 11.8 Å². The first-order valence-electron chi connectivity index (χ1n) is 8.10. The highest BCUT2D eigenvalue weighted by Crippen LogP contribution is 2.41. The molecule has 0 radical (unpaired) electrons. The van der Waals surface area contributed by atoms with Crippen LogP contribution in [0.25, 0.3) is 0 Å². The molecule has 19 heavy (non-hydrogen) atoms. The predicted octanol–water partition coefficient (Wildman–Crippen LogP) is 3.37. The van der Waals surface area contributed by atoms with Gasteiger partial charge in [0, 0.05) is 23.4 Å². The fourth-order valence-corrected chi connectivity index (χ4v) is 4.53. The Bertz CT molecular complexity index is 278. The molecule has 2 nitrogen and oxygen atoms in total. The van der Waals surface area contributed by atoms with Gasteiger partial charge >= 0.3 is 0 Å². The van der Waals surface area contributed by atoms with Crippen LogP contribution in [-0.4, -0.2) is 47.6 Å². The van der Waals surface area contributed by atoms with Gasteiger partial charge in [0.15, 0.2) is 0 Å². The van der Waals surface area contributed by atoms with Crippen LogP contribution in [0, 0.1) is 5.92 Å². The Hall–Kier alpha value is 0.270. The fourth-order valence-electron chi connectivity index (χ4n) is 3.64. The number of nitrogens with one attached hydrogen (secondary N) is 1. The van der Waals surface area contributed by atoms with Crippen LogP contribution in [0.4, 0.5) is 0 Å². The largest absolute Gasteiger partial charge is 0.310 e. The van der Waals surface area contributed by atoms with Crippen LogP contribution in [0.15, 0.2) is 0 Å². The van der Waals surface area contributed by atoms with Gasteiger partial charge in [0.1, 0.15) is 0 Å². The fraction of sp³-hybridized carbons (Fsp3) is 1.00. The van der Waals surface area contributed by atoms with Crippen molar-refractivity contribution < 1.29 is 0 Å². The molecule has 1 aliphatic heterocycles. The van der Waals surface area contributed by atoms with Gasteiger partial charge in [0.25, 0.3) is 0 Å². The summed E-state index contributed by atoms with van der Waals surface area (Å²) in [6.07, 6.45) is 9.05. The Morgan fingerprint density at radius 2 is 2.00 bits per heavy atom. The quantitative estimate of drug-likeness (QED) is 0.805. The highest BCUT2D eigenvalue weighted by Gasteiger charge is 2.43. The first-order valence-corrected chi connectivity index (χ1v) is 9.32. The SMILES string of the molecule is CCC(CC)(CN1CCCNC(C)(C2CC2)C1)SC. The lowest BCUT2D eigenvalue weighted by Gasteiger charge is -2.39. The van der Waals surface area contributed by atoms with Gasteiger partial charge in [-0.3, -0.25) is 0 Å². The lowest BCUT2D eigenvalue weighted by Crippen LogP contribution is -2.53. The third-order valence-electron chi connectivity index (χ3n) is 5.44. The van der Waals surface area contributed by atoms with Gasteiger partial charge < -0.3 is 10.2 Å². The zero-order valence-electron chi connectivity index (χ0n) is 13.3. The summed E-state index contributed by atoms with van der Waals surface area (Å²) in [6, 6.07) is 0. The van der Waals surface area contributed by atoms with E-state index in [4.69, 9.17) is 0 Å². The number of rotatable bonds is 6. The molecule has 1 saturated carbocycles. The molecule has 1 aliphatic carbocycles. The van der Waals surface area contributed by atoms with Crippen LogP contribution in [-0.2, 0) is 0 Å². The van der Waals surface area contributed by atoms with E-state index in [-0.39, 0.29) is 0 Å². The minimum absolute atomic E-state index is 0.377. The van der Waals surface area contributed by atoms with Crippen LogP contribution >= 0.6 is 11.8 Å². The Kier molecular flexibility index (Phi) is 5.24. The molecule has 0 aromatic heterocycles. The second-order valence-electron chi connectivity index (χ2n) is 6.78. The second-order valence-corrected chi connectivity index (χ2v) is 8.05. The number of hydrogen-bond donors (Lipinski definition) is 1. The van der Waals surface area contributed by atoms with Crippen molar-refractivity contribution in [1.29, 1.82) is 0 Å². The molecular formula is C16H32N2S. The van der Waals surface area contributed by atoms with Crippen LogP contribution < -0.4 is 5.32 Å². The molecule has 2 rings (SSSR count). The van der Waals surface area contributed by atoms with Crippen LogP contribution in [0.2, 0.25) is 0 Å². The predicted molar refractivity (Wildman–Crippen MR) is 87.0 cm³/mol. The minimum Gasteiger partial charge on any atom is -0.310 e. The zero-order chi connectivity index (χ0) is 13.9. The highest BCUT2D eigenvalue weighted by molar-refractivity contribution is 8.00. The summed E-state index contributed by atoms with van der Waals surface area (Å²) in [5.74, 6) is 0.931. The van der Waals surface area contributed by atoms with E-state index >= 15 is 0 Å². The average Bonchev–Trinajstić information content (AvgIpc) is 3.24. The van der Waals surface area contributed by atoms with E-state index < -0.39 is 0 Å². The van der Waals surface area contributed by atoms with E-state index in [1.165, 1.54) is 58.3 Å². The molecule has 0 aromatic carbocycles. The minimum atomic E-state index is 0.377. The monoisotopic (exact) mass is 284 g/mol. The third kappa shape index (κ3) is 3.68. The average molecular weight is 285 g/mol. The van der Waals surface area contributed by atoms with Gasteiger partial charge in [-0.05, 0) is 64.3 Å². The van der Waals surface area contributed by atoms with E-state index in [9.17, 15) is 0 Å². The normalized spacial score (nSPS) is 30.3. The van der Waals surface area contributed by atoms with Gasteiger partial charge in [0.05, 0.1) is 0 Å². The van der Waals surface area contributed by atoms with Crippen LogP contribution in [0.3, 0.4) is 0 Å². The number of thioether (sulfide) groups is 1. The summed E-state index contributed by atoms with van der Waals surface area (Å²) in [4.78, 5) is 2.75. The Balaban J connectivity index is 2.01. The van der Waals surface area contributed by atoms with Crippen molar-refractivity contribution in [1.82, 2.24) is 10.2 Å². The molecule has 2 fully saturated rings. The van der Waals surface area contributed by atoms with E-state index in [0.29, 0.717) is 10.3 Å². The first kappa shape index (κ1) is 15.7. The van der Waals surface area contributed by atoms with E-state index in [1.807, 2.05) is 0 Å². The maximum atomic E-state index is 3.84. The molecule has 1 N–H and O–H groups in total. The molecule has 112 valence electrons. The maximum absolute atomic E-state index is 3.84. The Morgan fingerprint density at radius 3 is 2.53 bits per heavy atom. The molecule has 1 heterocycles. The van der Waals surface area contributed by atoms with Crippen molar-refractivity contribution in [3.05, 3.63) is 0 Å². The molecule has 2 aliphatic rings. The van der Waals surface area contributed by atoms with E-state index in [2.05, 4.69) is 49.0 Å². The Morgan fingerprint density at radius 1 is 1.32 bits per heavy atom. The maximum Gasteiger partial charge on any atom is 0.0308 e. The molecule has 0 spiro atoms. The van der Waals surface area contributed by atoms with Crippen molar-refractivity contribution in [2.45, 2.75) is 63.2 Å². The number of nitrogens with zero attached hydrogens (tertiary/aromatic N) is 1. The summed E-state index contributed by atoms with van der Waals surface area (Å²) in [5, 5.41) is 3.84. The van der Waals surface area contributed by atoms with Crippen LogP contribution in [0.5, 0.6) is 0 Å². The Labute approximate surface area is 124 Å².